The van der Waals surface area contributed by atoms with Crippen molar-refractivity contribution in [2.45, 2.75) is 38.9 Å². The van der Waals surface area contributed by atoms with E-state index in [-0.39, 0.29) is 11.9 Å². The highest BCUT2D eigenvalue weighted by atomic mass is 16.2. The van der Waals surface area contributed by atoms with Crippen molar-refractivity contribution in [3.8, 4) is 0 Å². The monoisotopic (exact) mass is 326 g/mol. The summed E-state index contributed by atoms with van der Waals surface area (Å²) in [4.78, 5) is 17.0. The number of aryl methyl sites for hydroxylation is 1. The third-order valence-electron chi connectivity index (χ3n) is 4.50. The SMILES string of the molecule is Cc1cnn(CC2CCCN2C(=O)c2ccc(CN(C)C)cc2)c1. The largest absolute Gasteiger partial charge is 0.334 e. The zero-order valence-electron chi connectivity index (χ0n) is 14.8. The molecule has 0 spiro atoms. The number of amides is 1. The van der Waals surface area contributed by atoms with Crippen LogP contribution in [0.4, 0.5) is 0 Å². The number of hydrogen-bond acceptors (Lipinski definition) is 3. The van der Waals surface area contributed by atoms with Gasteiger partial charge in [-0.1, -0.05) is 12.1 Å². The maximum absolute atomic E-state index is 12.9. The normalized spacial score (nSPS) is 17.7. The minimum atomic E-state index is 0.137. The summed E-state index contributed by atoms with van der Waals surface area (Å²) in [7, 11) is 4.09. The third kappa shape index (κ3) is 3.85. The smallest absolute Gasteiger partial charge is 0.254 e. The molecule has 5 heteroatoms. The molecule has 1 unspecified atom stereocenters. The molecule has 0 bridgehead atoms. The van der Waals surface area contributed by atoms with E-state index in [1.807, 2.05) is 55.1 Å². The molecule has 1 fully saturated rings. The molecule has 0 saturated carbocycles. The number of benzene rings is 1. The molecule has 2 aromatic rings. The number of nitrogens with zero attached hydrogens (tertiary/aromatic N) is 4. The van der Waals surface area contributed by atoms with Crippen LogP contribution in [0.3, 0.4) is 0 Å². The van der Waals surface area contributed by atoms with Crippen molar-refractivity contribution in [1.29, 1.82) is 0 Å². The summed E-state index contributed by atoms with van der Waals surface area (Å²) in [6.45, 7) is 4.54. The Bertz CT molecular complexity index is 690. The molecule has 1 atom stereocenters. The average molecular weight is 326 g/mol. The van der Waals surface area contributed by atoms with E-state index in [0.29, 0.717) is 0 Å². The first-order valence-corrected chi connectivity index (χ1v) is 8.56. The molecule has 0 aliphatic carbocycles. The second kappa shape index (κ2) is 7.18. The van der Waals surface area contributed by atoms with Crippen LogP contribution in [0.15, 0.2) is 36.7 Å². The zero-order chi connectivity index (χ0) is 17.1. The first-order chi connectivity index (χ1) is 11.5. The number of aromatic nitrogens is 2. The van der Waals surface area contributed by atoms with Crippen molar-refractivity contribution < 1.29 is 4.79 Å². The van der Waals surface area contributed by atoms with Crippen LogP contribution in [0.2, 0.25) is 0 Å². The minimum Gasteiger partial charge on any atom is -0.334 e. The topological polar surface area (TPSA) is 41.4 Å². The van der Waals surface area contributed by atoms with Gasteiger partial charge in [0.15, 0.2) is 0 Å². The Morgan fingerprint density at radius 1 is 1.29 bits per heavy atom. The van der Waals surface area contributed by atoms with Gasteiger partial charge in [0, 0.05) is 24.8 Å². The second-order valence-corrected chi connectivity index (χ2v) is 6.97. The first-order valence-electron chi connectivity index (χ1n) is 8.56. The highest BCUT2D eigenvalue weighted by Gasteiger charge is 2.29. The Hall–Kier alpha value is -2.14. The van der Waals surface area contributed by atoms with Crippen molar-refractivity contribution in [3.63, 3.8) is 0 Å². The molecular weight excluding hydrogens is 300 g/mol. The number of hydrogen-bond donors (Lipinski definition) is 0. The minimum absolute atomic E-state index is 0.137. The van der Waals surface area contributed by atoms with Crippen molar-refractivity contribution in [3.05, 3.63) is 53.3 Å². The summed E-state index contributed by atoms with van der Waals surface area (Å²) in [6.07, 6.45) is 6.01. The van der Waals surface area contributed by atoms with Gasteiger partial charge in [0.05, 0.1) is 18.8 Å². The standard InChI is InChI=1S/C19H26N4O/c1-15-11-20-22(12-15)14-18-5-4-10-23(18)19(24)17-8-6-16(7-9-17)13-21(2)3/h6-9,11-12,18H,4-5,10,13-14H2,1-3H3. The summed E-state index contributed by atoms with van der Waals surface area (Å²) < 4.78 is 1.95. The van der Waals surface area contributed by atoms with Crippen LogP contribution in [0.5, 0.6) is 0 Å². The molecule has 24 heavy (non-hydrogen) atoms. The van der Waals surface area contributed by atoms with E-state index < -0.39 is 0 Å². The Morgan fingerprint density at radius 3 is 2.67 bits per heavy atom. The maximum atomic E-state index is 12.9. The molecule has 1 saturated heterocycles. The van der Waals surface area contributed by atoms with Crippen molar-refractivity contribution >= 4 is 5.91 Å². The fraction of sp³-hybridized carbons (Fsp3) is 0.474. The molecule has 5 nitrogen and oxygen atoms in total. The summed E-state index contributed by atoms with van der Waals surface area (Å²) in [5.74, 6) is 0.137. The second-order valence-electron chi connectivity index (χ2n) is 6.97. The summed E-state index contributed by atoms with van der Waals surface area (Å²) >= 11 is 0. The molecule has 1 aliphatic rings. The van der Waals surface area contributed by atoms with Gasteiger partial charge in [-0.15, -0.1) is 0 Å². The van der Waals surface area contributed by atoms with Crippen LogP contribution in [-0.2, 0) is 13.1 Å². The summed E-state index contributed by atoms with van der Waals surface area (Å²) in [5.41, 5.74) is 3.16. The van der Waals surface area contributed by atoms with Gasteiger partial charge in [-0.2, -0.15) is 5.10 Å². The highest BCUT2D eigenvalue weighted by Crippen LogP contribution is 2.22. The third-order valence-corrected chi connectivity index (χ3v) is 4.50. The lowest BCUT2D eigenvalue weighted by Crippen LogP contribution is -2.38. The molecule has 2 heterocycles. The van der Waals surface area contributed by atoms with Crippen molar-refractivity contribution in [2.75, 3.05) is 20.6 Å². The predicted octanol–water partition coefficient (Wildman–Crippen LogP) is 2.56. The zero-order valence-corrected chi connectivity index (χ0v) is 14.8. The van der Waals surface area contributed by atoms with E-state index in [0.717, 1.165) is 43.6 Å². The Labute approximate surface area is 143 Å². The Balaban J connectivity index is 1.68. The van der Waals surface area contributed by atoms with Crippen LogP contribution < -0.4 is 0 Å². The molecule has 1 amide bonds. The van der Waals surface area contributed by atoms with E-state index in [1.54, 1.807) is 0 Å². The van der Waals surface area contributed by atoms with Gasteiger partial charge < -0.3 is 9.80 Å². The highest BCUT2D eigenvalue weighted by molar-refractivity contribution is 5.94. The van der Waals surface area contributed by atoms with E-state index in [1.165, 1.54) is 5.56 Å². The quantitative estimate of drug-likeness (QED) is 0.848. The van der Waals surface area contributed by atoms with E-state index in [9.17, 15) is 4.79 Å². The molecule has 0 N–H and O–H groups in total. The molecule has 1 aromatic heterocycles. The van der Waals surface area contributed by atoms with Crippen LogP contribution in [0.1, 0.15) is 34.3 Å². The lowest BCUT2D eigenvalue weighted by molar-refractivity contribution is 0.0721. The first kappa shape index (κ1) is 16.7. The maximum Gasteiger partial charge on any atom is 0.254 e. The van der Waals surface area contributed by atoms with Crippen molar-refractivity contribution in [2.24, 2.45) is 0 Å². The number of carbonyl (C=O) groups excluding carboxylic acids is 1. The fourth-order valence-corrected chi connectivity index (χ4v) is 3.36. The van der Waals surface area contributed by atoms with E-state index in [2.05, 4.69) is 22.1 Å². The van der Waals surface area contributed by atoms with Gasteiger partial charge in [-0.3, -0.25) is 9.48 Å². The van der Waals surface area contributed by atoms with Crippen LogP contribution in [0, 0.1) is 6.92 Å². The molecule has 3 rings (SSSR count). The van der Waals surface area contributed by atoms with Gasteiger partial charge in [0.2, 0.25) is 0 Å². The lowest BCUT2D eigenvalue weighted by atomic mass is 10.1. The van der Waals surface area contributed by atoms with Gasteiger partial charge in [-0.05, 0) is 57.1 Å². The predicted molar refractivity (Wildman–Crippen MR) is 94.9 cm³/mol. The lowest BCUT2D eigenvalue weighted by Gasteiger charge is -2.25. The summed E-state index contributed by atoms with van der Waals surface area (Å²) in [5, 5.41) is 4.36. The molecule has 1 aliphatic heterocycles. The Kier molecular flexibility index (Phi) is 5.00. The summed E-state index contributed by atoms with van der Waals surface area (Å²) in [6, 6.07) is 8.24. The molecular formula is C19H26N4O. The number of rotatable bonds is 5. The van der Waals surface area contributed by atoms with E-state index >= 15 is 0 Å². The molecule has 128 valence electrons. The molecule has 0 radical (unpaired) electrons. The van der Waals surface area contributed by atoms with Gasteiger partial charge in [0.25, 0.3) is 5.91 Å². The van der Waals surface area contributed by atoms with E-state index in [4.69, 9.17) is 0 Å². The van der Waals surface area contributed by atoms with Crippen LogP contribution in [0.25, 0.3) is 0 Å². The average Bonchev–Trinajstić information content (AvgIpc) is 3.16. The van der Waals surface area contributed by atoms with Crippen molar-refractivity contribution in [1.82, 2.24) is 19.6 Å². The Morgan fingerprint density at radius 2 is 2.04 bits per heavy atom. The molecule has 1 aromatic carbocycles. The van der Waals surface area contributed by atoms with Gasteiger partial charge >= 0.3 is 0 Å². The van der Waals surface area contributed by atoms with Crippen LogP contribution >= 0.6 is 0 Å². The van der Waals surface area contributed by atoms with Gasteiger partial charge in [-0.25, -0.2) is 0 Å². The number of carbonyl (C=O) groups is 1. The van der Waals surface area contributed by atoms with Gasteiger partial charge in [0.1, 0.15) is 0 Å². The fourth-order valence-electron chi connectivity index (χ4n) is 3.36. The van der Waals surface area contributed by atoms with Crippen LogP contribution in [-0.4, -0.2) is 52.2 Å². The number of likely N-dealkylation sites (tertiary alicyclic amines) is 1.